The Balaban J connectivity index is 1.93. The first-order chi connectivity index (χ1) is 15.3. The molecule has 3 N–H and O–H groups in total. The molecule has 0 bridgehead atoms. The number of nitrogens with one attached hydrogen (secondary N) is 2. The maximum atomic E-state index is 13.6. The predicted molar refractivity (Wildman–Crippen MR) is 111 cm³/mol. The van der Waals surface area contributed by atoms with Crippen molar-refractivity contribution in [1.29, 1.82) is 0 Å². The lowest BCUT2D eigenvalue weighted by Gasteiger charge is -2.19. The quantitative estimate of drug-likeness (QED) is 0.486. The monoisotopic (exact) mass is 464 g/mol. The summed E-state index contributed by atoms with van der Waals surface area (Å²) in [5, 5.41) is 9.35. The minimum atomic E-state index is -5.00. The number of fused-ring (bicyclic) bond motifs is 1. The highest BCUT2D eigenvalue weighted by Gasteiger charge is 2.39. The number of carbonyl (C=O) groups is 2. The summed E-state index contributed by atoms with van der Waals surface area (Å²) in [7, 11) is 0. The van der Waals surface area contributed by atoms with E-state index in [4.69, 9.17) is 9.15 Å². The maximum Gasteiger partial charge on any atom is 0.450 e. The van der Waals surface area contributed by atoms with E-state index in [-0.39, 0.29) is 22.3 Å². The molecule has 3 aromatic rings. The van der Waals surface area contributed by atoms with Gasteiger partial charge < -0.3 is 14.3 Å². The molecule has 0 aliphatic rings. The van der Waals surface area contributed by atoms with Crippen LogP contribution in [0.25, 0.3) is 22.1 Å². The van der Waals surface area contributed by atoms with E-state index in [0.29, 0.717) is 0 Å². The standard InChI is InChI=1S/C22H19F3N2O6/c1-21(2,3)33-20(31)27-26-19(30)12-6-4-11(5-7-12)16-17(29)14-9-8-13(28)10-15(14)32-18(16)22(23,24)25/h4-10,28H,1-3H3,(H,26,30)(H,27,31). The van der Waals surface area contributed by atoms with Gasteiger partial charge in [-0.2, -0.15) is 13.2 Å². The fraction of sp³-hybridized carbons (Fsp3) is 0.227. The second-order valence-corrected chi connectivity index (χ2v) is 7.97. The van der Waals surface area contributed by atoms with E-state index in [2.05, 4.69) is 10.9 Å². The molecule has 174 valence electrons. The van der Waals surface area contributed by atoms with Crippen molar-refractivity contribution in [2.24, 2.45) is 0 Å². The van der Waals surface area contributed by atoms with E-state index >= 15 is 0 Å². The number of phenols is 1. The molecule has 0 atom stereocenters. The van der Waals surface area contributed by atoms with Crippen LogP contribution < -0.4 is 16.3 Å². The second-order valence-electron chi connectivity index (χ2n) is 7.97. The smallest absolute Gasteiger partial charge is 0.450 e. The number of phenolic OH excluding ortho intramolecular Hbond substituents is 1. The molecule has 1 heterocycles. The van der Waals surface area contributed by atoms with Gasteiger partial charge in [0.05, 0.1) is 10.9 Å². The number of aromatic hydroxyl groups is 1. The SMILES string of the molecule is CC(C)(C)OC(=O)NNC(=O)c1ccc(-c2c(C(F)(F)F)oc3cc(O)ccc3c2=O)cc1. The number of halogens is 3. The van der Waals surface area contributed by atoms with Gasteiger partial charge in [-0.3, -0.25) is 15.0 Å². The van der Waals surface area contributed by atoms with Crippen molar-refractivity contribution in [3.05, 3.63) is 64.0 Å². The third kappa shape index (κ3) is 5.43. The van der Waals surface area contributed by atoms with Gasteiger partial charge in [-0.1, -0.05) is 12.1 Å². The van der Waals surface area contributed by atoms with Crippen molar-refractivity contribution >= 4 is 23.0 Å². The molecule has 0 saturated heterocycles. The van der Waals surface area contributed by atoms with Gasteiger partial charge in [0.15, 0.2) is 0 Å². The van der Waals surface area contributed by atoms with Gasteiger partial charge in [-0.15, -0.1) is 0 Å². The molecule has 1 aromatic heterocycles. The topological polar surface area (TPSA) is 118 Å². The Morgan fingerprint density at radius 1 is 1.00 bits per heavy atom. The summed E-state index contributed by atoms with van der Waals surface area (Å²) < 4.78 is 50.8. The summed E-state index contributed by atoms with van der Waals surface area (Å²) in [5.41, 5.74) is 1.13. The van der Waals surface area contributed by atoms with Crippen LogP contribution in [0, 0.1) is 0 Å². The Morgan fingerprint density at radius 2 is 1.64 bits per heavy atom. The van der Waals surface area contributed by atoms with Crippen LogP contribution in [-0.2, 0) is 10.9 Å². The van der Waals surface area contributed by atoms with Crippen LogP contribution in [0.4, 0.5) is 18.0 Å². The Bertz CT molecular complexity index is 1270. The summed E-state index contributed by atoms with van der Waals surface area (Å²) in [6.45, 7) is 4.90. The zero-order chi connectivity index (χ0) is 24.6. The Morgan fingerprint density at radius 3 is 2.21 bits per heavy atom. The molecule has 2 aromatic carbocycles. The van der Waals surface area contributed by atoms with Crippen LogP contribution >= 0.6 is 0 Å². The highest BCUT2D eigenvalue weighted by atomic mass is 19.4. The zero-order valence-electron chi connectivity index (χ0n) is 17.7. The molecule has 0 radical (unpaired) electrons. The molecule has 2 amide bonds. The Hall–Kier alpha value is -4.02. The van der Waals surface area contributed by atoms with Gasteiger partial charge >= 0.3 is 12.3 Å². The molecule has 3 rings (SSSR count). The number of benzene rings is 2. The van der Waals surface area contributed by atoms with Crippen LogP contribution in [0.1, 0.15) is 36.9 Å². The van der Waals surface area contributed by atoms with Gasteiger partial charge in [0, 0.05) is 11.6 Å². The molecule has 0 unspecified atom stereocenters. The molecule has 0 aliphatic heterocycles. The molecule has 0 spiro atoms. The second kappa shape index (κ2) is 8.49. The van der Waals surface area contributed by atoms with Gasteiger partial charge in [-0.25, -0.2) is 10.2 Å². The van der Waals surface area contributed by atoms with Crippen LogP contribution in [0.5, 0.6) is 5.75 Å². The third-order valence-electron chi connectivity index (χ3n) is 4.25. The summed E-state index contributed by atoms with van der Waals surface area (Å²) in [4.78, 5) is 36.6. The molecular weight excluding hydrogens is 445 g/mol. The van der Waals surface area contributed by atoms with E-state index in [0.717, 1.165) is 30.3 Å². The number of alkyl halides is 3. The molecular formula is C22H19F3N2O6. The van der Waals surface area contributed by atoms with E-state index < -0.39 is 46.1 Å². The minimum Gasteiger partial charge on any atom is -0.508 e. The summed E-state index contributed by atoms with van der Waals surface area (Å²) >= 11 is 0. The Labute approximate surface area is 184 Å². The fourth-order valence-electron chi connectivity index (χ4n) is 2.92. The van der Waals surface area contributed by atoms with Crippen LogP contribution in [0.2, 0.25) is 0 Å². The third-order valence-corrected chi connectivity index (χ3v) is 4.25. The molecule has 11 heteroatoms. The van der Waals surface area contributed by atoms with Gasteiger partial charge in [0.2, 0.25) is 11.2 Å². The van der Waals surface area contributed by atoms with E-state index in [1.165, 1.54) is 12.1 Å². The van der Waals surface area contributed by atoms with Crippen molar-refractivity contribution in [2.45, 2.75) is 32.5 Å². The first-order valence-electron chi connectivity index (χ1n) is 9.53. The molecule has 0 fully saturated rings. The maximum absolute atomic E-state index is 13.6. The largest absolute Gasteiger partial charge is 0.508 e. The lowest BCUT2D eigenvalue weighted by molar-refractivity contribution is -0.152. The number of carbonyl (C=O) groups excluding carboxylic acids is 2. The highest BCUT2D eigenvalue weighted by Crippen LogP contribution is 2.37. The Kier molecular flexibility index (Phi) is 6.08. The van der Waals surface area contributed by atoms with Crippen LogP contribution in [-0.4, -0.2) is 22.7 Å². The van der Waals surface area contributed by atoms with Crippen molar-refractivity contribution in [3.8, 4) is 16.9 Å². The molecule has 0 aliphatic carbocycles. The van der Waals surface area contributed by atoms with Crippen molar-refractivity contribution in [3.63, 3.8) is 0 Å². The summed E-state index contributed by atoms with van der Waals surface area (Å²) in [5.74, 6) is -2.65. The van der Waals surface area contributed by atoms with E-state index in [1.807, 2.05) is 0 Å². The summed E-state index contributed by atoms with van der Waals surface area (Å²) in [6, 6.07) is 7.89. The van der Waals surface area contributed by atoms with Crippen LogP contribution in [0.15, 0.2) is 51.7 Å². The molecule has 33 heavy (non-hydrogen) atoms. The number of hydrogen-bond acceptors (Lipinski definition) is 6. The lowest BCUT2D eigenvalue weighted by Crippen LogP contribution is -2.44. The predicted octanol–water partition coefficient (Wildman–Crippen LogP) is 4.35. The van der Waals surface area contributed by atoms with Gasteiger partial charge in [0.1, 0.15) is 16.9 Å². The van der Waals surface area contributed by atoms with Crippen LogP contribution in [0.3, 0.4) is 0 Å². The van der Waals surface area contributed by atoms with Gasteiger partial charge in [0.25, 0.3) is 5.91 Å². The number of ether oxygens (including phenoxy) is 1. The normalized spacial score (nSPS) is 11.8. The fourth-order valence-corrected chi connectivity index (χ4v) is 2.92. The van der Waals surface area contributed by atoms with Crippen molar-refractivity contribution in [2.75, 3.05) is 0 Å². The molecule has 8 nitrogen and oxygen atoms in total. The van der Waals surface area contributed by atoms with E-state index in [9.17, 15) is 32.7 Å². The number of amides is 2. The lowest BCUT2D eigenvalue weighted by atomic mass is 10.00. The van der Waals surface area contributed by atoms with Gasteiger partial charge in [-0.05, 0) is 50.6 Å². The first-order valence-corrected chi connectivity index (χ1v) is 9.53. The summed E-state index contributed by atoms with van der Waals surface area (Å²) in [6.07, 6.45) is -5.90. The van der Waals surface area contributed by atoms with E-state index in [1.54, 1.807) is 20.8 Å². The number of hydrazine groups is 1. The number of rotatable bonds is 2. The average molecular weight is 464 g/mol. The average Bonchev–Trinajstić information content (AvgIpc) is 2.70. The minimum absolute atomic E-state index is 0.00142. The zero-order valence-corrected chi connectivity index (χ0v) is 17.7. The molecule has 0 saturated carbocycles. The number of hydrogen-bond donors (Lipinski definition) is 3. The van der Waals surface area contributed by atoms with Crippen molar-refractivity contribution < 1.29 is 37.0 Å². The first kappa shape index (κ1) is 23.6. The highest BCUT2D eigenvalue weighted by molar-refractivity contribution is 5.95. The van der Waals surface area contributed by atoms with Crippen molar-refractivity contribution in [1.82, 2.24) is 10.9 Å².